The molecule has 0 radical (unpaired) electrons. The zero-order chi connectivity index (χ0) is 18.8. The van der Waals surface area contributed by atoms with Gasteiger partial charge in [0.2, 0.25) is 0 Å². The number of aliphatic hydroxyl groups is 1. The number of aliphatic hydroxyl groups excluding tert-OH is 1. The Kier molecular flexibility index (Phi) is 4.81. The smallest absolute Gasteiger partial charge is 0.272 e. The van der Waals surface area contributed by atoms with Crippen LogP contribution in [0.1, 0.15) is 46.3 Å². The van der Waals surface area contributed by atoms with E-state index in [4.69, 9.17) is 0 Å². The SMILES string of the molecule is Cc1ncc(CO)c(C2CCN(C(=O)c3ccc4ccccc4n3)CC2)n1. The van der Waals surface area contributed by atoms with Gasteiger partial charge >= 0.3 is 0 Å². The fourth-order valence-corrected chi connectivity index (χ4v) is 3.69. The number of amides is 1. The summed E-state index contributed by atoms with van der Waals surface area (Å²) in [6.07, 6.45) is 3.35. The summed E-state index contributed by atoms with van der Waals surface area (Å²) >= 11 is 0. The average Bonchev–Trinajstić information content (AvgIpc) is 2.73. The van der Waals surface area contributed by atoms with Crippen molar-refractivity contribution in [1.82, 2.24) is 19.9 Å². The Balaban J connectivity index is 1.48. The number of pyridine rings is 1. The number of aryl methyl sites for hydroxylation is 1. The van der Waals surface area contributed by atoms with Gasteiger partial charge in [0.05, 0.1) is 17.8 Å². The normalized spacial score (nSPS) is 15.3. The maximum atomic E-state index is 12.9. The zero-order valence-electron chi connectivity index (χ0n) is 15.3. The van der Waals surface area contributed by atoms with Crippen molar-refractivity contribution in [3.05, 3.63) is 65.4 Å². The standard InChI is InChI=1S/C21H22N4O2/c1-14-22-12-17(13-26)20(23-14)16-8-10-25(11-9-16)21(27)19-7-6-15-4-2-3-5-18(15)24-19/h2-7,12,16,26H,8-11,13H2,1H3. The first-order chi connectivity index (χ1) is 13.2. The highest BCUT2D eigenvalue weighted by Gasteiger charge is 2.27. The van der Waals surface area contributed by atoms with E-state index >= 15 is 0 Å². The van der Waals surface area contributed by atoms with Crippen LogP contribution in [0.5, 0.6) is 0 Å². The van der Waals surface area contributed by atoms with Gasteiger partial charge < -0.3 is 10.0 Å². The van der Waals surface area contributed by atoms with Gasteiger partial charge in [0.15, 0.2) is 0 Å². The lowest BCUT2D eigenvalue weighted by Gasteiger charge is -2.32. The molecule has 1 amide bonds. The Hall–Kier alpha value is -2.86. The van der Waals surface area contributed by atoms with Crippen LogP contribution in [0.2, 0.25) is 0 Å². The number of benzene rings is 1. The second-order valence-electron chi connectivity index (χ2n) is 6.94. The molecule has 1 fully saturated rings. The number of nitrogens with zero attached hydrogens (tertiary/aromatic N) is 4. The molecule has 3 heterocycles. The van der Waals surface area contributed by atoms with Crippen molar-refractivity contribution >= 4 is 16.8 Å². The molecule has 0 atom stereocenters. The Morgan fingerprint density at radius 1 is 1.15 bits per heavy atom. The van der Waals surface area contributed by atoms with Crippen LogP contribution in [0.25, 0.3) is 10.9 Å². The number of fused-ring (bicyclic) bond motifs is 1. The number of carbonyl (C=O) groups excluding carboxylic acids is 1. The van der Waals surface area contributed by atoms with Crippen LogP contribution in [-0.4, -0.2) is 44.0 Å². The molecule has 1 aliphatic heterocycles. The largest absolute Gasteiger partial charge is 0.392 e. The minimum Gasteiger partial charge on any atom is -0.392 e. The van der Waals surface area contributed by atoms with Gasteiger partial charge in [-0.25, -0.2) is 15.0 Å². The van der Waals surface area contributed by atoms with E-state index in [2.05, 4.69) is 15.0 Å². The van der Waals surface area contributed by atoms with Gasteiger partial charge in [0, 0.05) is 36.2 Å². The first-order valence-corrected chi connectivity index (χ1v) is 9.24. The summed E-state index contributed by atoms with van der Waals surface area (Å²) in [7, 11) is 0. The summed E-state index contributed by atoms with van der Waals surface area (Å²) in [6, 6.07) is 11.5. The third-order valence-electron chi connectivity index (χ3n) is 5.18. The molecule has 1 saturated heterocycles. The van der Waals surface area contributed by atoms with E-state index in [1.807, 2.05) is 42.2 Å². The quantitative estimate of drug-likeness (QED) is 0.775. The van der Waals surface area contributed by atoms with E-state index in [-0.39, 0.29) is 18.4 Å². The zero-order valence-corrected chi connectivity index (χ0v) is 15.3. The fraction of sp³-hybridized carbons (Fsp3) is 0.333. The number of hydrogen-bond donors (Lipinski definition) is 1. The molecule has 6 nitrogen and oxygen atoms in total. The molecule has 0 spiro atoms. The lowest BCUT2D eigenvalue weighted by atomic mass is 9.90. The van der Waals surface area contributed by atoms with Gasteiger partial charge in [0.1, 0.15) is 11.5 Å². The third kappa shape index (κ3) is 3.53. The lowest BCUT2D eigenvalue weighted by molar-refractivity contribution is 0.0706. The van der Waals surface area contributed by atoms with E-state index in [1.54, 1.807) is 12.3 Å². The van der Waals surface area contributed by atoms with Gasteiger partial charge in [-0.05, 0) is 31.9 Å². The predicted molar refractivity (Wildman–Crippen MR) is 102 cm³/mol. The summed E-state index contributed by atoms with van der Waals surface area (Å²) in [5, 5.41) is 10.6. The minimum absolute atomic E-state index is 0.0274. The highest BCUT2D eigenvalue weighted by molar-refractivity contribution is 5.95. The number of aromatic nitrogens is 3. The van der Waals surface area contributed by atoms with Crippen LogP contribution in [0, 0.1) is 6.92 Å². The molecule has 1 aromatic carbocycles. The molecular formula is C21H22N4O2. The van der Waals surface area contributed by atoms with Crippen LogP contribution in [0.4, 0.5) is 0 Å². The molecule has 138 valence electrons. The third-order valence-corrected chi connectivity index (χ3v) is 5.18. The first-order valence-electron chi connectivity index (χ1n) is 9.24. The van der Waals surface area contributed by atoms with Crippen LogP contribution in [-0.2, 0) is 6.61 Å². The molecule has 0 bridgehead atoms. The average molecular weight is 362 g/mol. The van der Waals surface area contributed by atoms with Crippen LogP contribution in [0.15, 0.2) is 42.6 Å². The Morgan fingerprint density at radius 2 is 1.93 bits per heavy atom. The summed E-state index contributed by atoms with van der Waals surface area (Å²) < 4.78 is 0. The Labute approximate surface area is 157 Å². The predicted octanol–water partition coefficient (Wildman–Crippen LogP) is 2.85. The van der Waals surface area contributed by atoms with Crippen molar-refractivity contribution in [2.45, 2.75) is 32.3 Å². The van der Waals surface area contributed by atoms with Crippen LogP contribution in [0.3, 0.4) is 0 Å². The first kappa shape index (κ1) is 17.5. The van der Waals surface area contributed by atoms with E-state index in [1.165, 1.54) is 0 Å². The van der Waals surface area contributed by atoms with Gasteiger partial charge in [-0.1, -0.05) is 24.3 Å². The number of piperidine rings is 1. The van der Waals surface area contributed by atoms with Crippen molar-refractivity contribution in [3.8, 4) is 0 Å². The second kappa shape index (κ2) is 7.40. The summed E-state index contributed by atoms with van der Waals surface area (Å²) in [4.78, 5) is 28.0. The molecule has 1 aliphatic rings. The molecule has 3 aromatic rings. The molecule has 2 aromatic heterocycles. The van der Waals surface area contributed by atoms with E-state index in [9.17, 15) is 9.90 Å². The molecule has 0 aliphatic carbocycles. The summed E-state index contributed by atoms with van der Waals surface area (Å²) in [5.74, 6) is 0.920. The molecule has 0 saturated carbocycles. The fourth-order valence-electron chi connectivity index (χ4n) is 3.69. The summed E-state index contributed by atoms with van der Waals surface area (Å²) in [6.45, 7) is 3.11. The molecule has 4 rings (SSSR count). The maximum absolute atomic E-state index is 12.9. The van der Waals surface area contributed by atoms with E-state index in [0.717, 1.165) is 35.0 Å². The van der Waals surface area contributed by atoms with Crippen molar-refractivity contribution in [2.75, 3.05) is 13.1 Å². The topological polar surface area (TPSA) is 79.2 Å². The highest BCUT2D eigenvalue weighted by Crippen LogP contribution is 2.29. The molecule has 27 heavy (non-hydrogen) atoms. The van der Waals surface area contributed by atoms with E-state index < -0.39 is 0 Å². The van der Waals surface area contributed by atoms with Crippen LogP contribution < -0.4 is 0 Å². The number of likely N-dealkylation sites (tertiary alicyclic amines) is 1. The highest BCUT2D eigenvalue weighted by atomic mass is 16.3. The number of rotatable bonds is 3. The number of hydrogen-bond acceptors (Lipinski definition) is 5. The van der Waals surface area contributed by atoms with Gasteiger partial charge in [-0.15, -0.1) is 0 Å². The van der Waals surface area contributed by atoms with Gasteiger partial charge in [-0.3, -0.25) is 4.79 Å². The lowest BCUT2D eigenvalue weighted by Crippen LogP contribution is -2.38. The van der Waals surface area contributed by atoms with E-state index in [0.29, 0.717) is 24.6 Å². The van der Waals surface area contributed by atoms with Crippen molar-refractivity contribution in [2.24, 2.45) is 0 Å². The monoisotopic (exact) mass is 362 g/mol. The molecule has 6 heteroatoms. The number of carbonyl (C=O) groups is 1. The number of para-hydroxylation sites is 1. The molecular weight excluding hydrogens is 340 g/mol. The Bertz CT molecular complexity index is 981. The second-order valence-corrected chi connectivity index (χ2v) is 6.94. The molecule has 1 N–H and O–H groups in total. The van der Waals surface area contributed by atoms with Gasteiger partial charge in [0.25, 0.3) is 5.91 Å². The van der Waals surface area contributed by atoms with Crippen molar-refractivity contribution in [1.29, 1.82) is 0 Å². The summed E-state index contributed by atoms with van der Waals surface area (Å²) in [5.41, 5.74) is 3.02. The van der Waals surface area contributed by atoms with Crippen molar-refractivity contribution < 1.29 is 9.90 Å². The van der Waals surface area contributed by atoms with Crippen molar-refractivity contribution in [3.63, 3.8) is 0 Å². The maximum Gasteiger partial charge on any atom is 0.272 e. The Morgan fingerprint density at radius 3 is 2.70 bits per heavy atom. The van der Waals surface area contributed by atoms with Gasteiger partial charge in [-0.2, -0.15) is 0 Å². The minimum atomic E-state index is -0.0598. The molecule has 0 unspecified atom stereocenters. The van der Waals surface area contributed by atoms with Crippen LogP contribution >= 0.6 is 0 Å².